The molecule has 0 aliphatic heterocycles. The van der Waals surface area contributed by atoms with Crippen LogP contribution in [0.4, 0.5) is 0 Å². The zero-order chi connectivity index (χ0) is 13.9. The van der Waals surface area contributed by atoms with Crippen LogP contribution in [0.5, 0.6) is 11.5 Å². The van der Waals surface area contributed by atoms with Crippen molar-refractivity contribution >= 4 is 16.9 Å². The number of pyridine rings is 1. The molecule has 0 saturated carbocycles. The third-order valence-electron chi connectivity index (χ3n) is 2.91. The normalized spacial score (nSPS) is 10.4. The molecule has 4 nitrogen and oxygen atoms in total. The van der Waals surface area contributed by atoms with E-state index >= 15 is 0 Å². The van der Waals surface area contributed by atoms with Crippen LogP contribution in [-0.2, 0) is 0 Å². The van der Waals surface area contributed by atoms with E-state index in [2.05, 4.69) is 4.98 Å². The summed E-state index contributed by atoms with van der Waals surface area (Å²) in [5, 5.41) is 9.76. The summed E-state index contributed by atoms with van der Waals surface area (Å²) in [5.41, 5.74) is 0.846. The minimum atomic E-state index is -0.978. The maximum atomic E-state index is 11.2. The highest BCUT2D eigenvalue weighted by Gasteiger charge is 2.10. The van der Waals surface area contributed by atoms with E-state index in [-0.39, 0.29) is 5.56 Å². The van der Waals surface area contributed by atoms with Crippen LogP contribution >= 0.6 is 0 Å². The molecule has 2 aromatic carbocycles. The Kier molecular flexibility index (Phi) is 3.05. The Bertz CT molecular complexity index is 769. The van der Waals surface area contributed by atoms with Gasteiger partial charge in [0, 0.05) is 5.39 Å². The topological polar surface area (TPSA) is 59.4 Å². The third kappa shape index (κ3) is 2.31. The number of hydrogen-bond donors (Lipinski definition) is 1. The van der Waals surface area contributed by atoms with Crippen LogP contribution in [0.1, 0.15) is 10.4 Å². The second kappa shape index (κ2) is 5.01. The summed E-state index contributed by atoms with van der Waals surface area (Å²) >= 11 is 0. The molecule has 0 saturated heterocycles. The Morgan fingerprint density at radius 2 is 1.80 bits per heavy atom. The van der Waals surface area contributed by atoms with Gasteiger partial charge in [-0.3, -0.25) is 4.98 Å². The highest BCUT2D eigenvalue weighted by Crippen LogP contribution is 2.25. The monoisotopic (exact) mass is 265 g/mol. The second-order valence-electron chi connectivity index (χ2n) is 4.26. The van der Waals surface area contributed by atoms with Crippen molar-refractivity contribution in [2.24, 2.45) is 0 Å². The van der Waals surface area contributed by atoms with Crippen LogP contribution < -0.4 is 4.74 Å². The molecule has 0 radical (unpaired) electrons. The summed E-state index contributed by atoms with van der Waals surface area (Å²) in [4.78, 5) is 15.4. The van der Waals surface area contributed by atoms with Crippen molar-refractivity contribution < 1.29 is 14.6 Å². The summed E-state index contributed by atoms with van der Waals surface area (Å²) < 4.78 is 5.67. The molecule has 3 aromatic rings. The zero-order valence-electron chi connectivity index (χ0n) is 10.5. The van der Waals surface area contributed by atoms with Gasteiger partial charge < -0.3 is 9.84 Å². The standard InChI is InChI=1S/C16H11NO3/c18-16(19)13-7-4-8-15-14(13)9-12(10-17-15)20-11-5-2-1-3-6-11/h1-10H,(H,18,19). The van der Waals surface area contributed by atoms with Crippen LogP contribution in [0, 0.1) is 0 Å². The van der Waals surface area contributed by atoms with Crippen molar-refractivity contribution in [2.75, 3.05) is 0 Å². The van der Waals surface area contributed by atoms with Gasteiger partial charge in [0.05, 0.1) is 17.3 Å². The quantitative estimate of drug-likeness (QED) is 0.784. The Balaban J connectivity index is 2.06. The molecule has 0 fully saturated rings. The molecule has 0 amide bonds. The Labute approximate surface area is 115 Å². The number of hydrogen-bond acceptors (Lipinski definition) is 3. The fourth-order valence-corrected chi connectivity index (χ4v) is 2.00. The number of carboxylic acids is 1. The summed E-state index contributed by atoms with van der Waals surface area (Å²) in [5.74, 6) is 0.216. The van der Waals surface area contributed by atoms with Gasteiger partial charge in [-0.2, -0.15) is 0 Å². The molecule has 4 heteroatoms. The third-order valence-corrected chi connectivity index (χ3v) is 2.91. The van der Waals surface area contributed by atoms with Crippen molar-refractivity contribution in [2.45, 2.75) is 0 Å². The number of aromatic carboxylic acids is 1. The van der Waals surface area contributed by atoms with Crippen LogP contribution in [0.15, 0.2) is 60.8 Å². The fourth-order valence-electron chi connectivity index (χ4n) is 2.00. The number of fused-ring (bicyclic) bond motifs is 1. The SMILES string of the molecule is O=C(O)c1cccc2ncc(Oc3ccccc3)cc12. The van der Waals surface area contributed by atoms with Crippen LogP contribution in [-0.4, -0.2) is 16.1 Å². The van der Waals surface area contributed by atoms with Gasteiger partial charge in [0.1, 0.15) is 11.5 Å². The first-order chi connectivity index (χ1) is 9.74. The van der Waals surface area contributed by atoms with E-state index in [0.29, 0.717) is 22.4 Å². The maximum absolute atomic E-state index is 11.2. The molecule has 1 aromatic heterocycles. The van der Waals surface area contributed by atoms with E-state index in [4.69, 9.17) is 4.74 Å². The van der Waals surface area contributed by atoms with E-state index in [1.165, 1.54) is 0 Å². The second-order valence-corrected chi connectivity index (χ2v) is 4.26. The van der Waals surface area contributed by atoms with Crippen molar-refractivity contribution in [3.05, 3.63) is 66.4 Å². The maximum Gasteiger partial charge on any atom is 0.336 e. The number of rotatable bonds is 3. The Morgan fingerprint density at radius 1 is 1.00 bits per heavy atom. The lowest BCUT2D eigenvalue weighted by Gasteiger charge is -2.07. The number of ether oxygens (including phenoxy) is 1. The molecular weight excluding hydrogens is 254 g/mol. The molecular formula is C16H11NO3. The molecule has 0 bridgehead atoms. The highest BCUT2D eigenvalue weighted by molar-refractivity contribution is 6.02. The van der Waals surface area contributed by atoms with Gasteiger partial charge >= 0.3 is 5.97 Å². The van der Waals surface area contributed by atoms with Gasteiger partial charge in [-0.15, -0.1) is 0 Å². The molecule has 0 aliphatic rings. The van der Waals surface area contributed by atoms with E-state index in [9.17, 15) is 9.90 Å². The molecule has 0 aliphatic carbocycles. The highest BCUT2D eigenvalue weighted by atomic mass is 16.5. The van der Waals surface area contributed by atoms with Gasteiger partial charge in [-0.05, 0) is 30.3 Å². The number of carboxylic acid groups (broad SMARTS) is 1. The van der Waals surface area contributed by atoms with Gasteiger partial charge in [0.2, 0.25) is 0 Å². The Hall–Kier alpha value is -2.88. The molecule has 20 heavy (non-hydrogen) atoms. The van der Waals surface area contributed by atoms with Crippen molar-refractivity contribution in [3.63, 3.8) is 0 Å². The number of aromatic nitrogens is 1. The number of nitrogens with zero attached hydrogens (tertiary/aromatic N) is 1. The van der Waals surface area contributed by atoms with Crippen LogP contribution in [0.2, 0.25) is 0 Å². The number of para-hydroxylation sites is 1. The van der Waals surface area contributed by atoms with E-state index in [1.807, 2.05) is 30.3 Å². The predicted molar refractivity (Wildman–Crippen MR) is 75.2 cm³/mol. The molecule has 98 valence electrons. The summed E-state index contributed by atoms with van der Waals surface area (Å²) in [7, 11) is 0. The molecule has 0 unspecified atom stereocenters. The smallest absolute Gasteiger partial charge is 0.336 e. The molecule has 0 atom stereocenters. The summed E-state index contributed by atoms with van der Waals surface area (Å²) in [6.45, 7) is 0. The van der Waals surface area contributed by atoms with E-state index in [0.717, 1.165) is 0 Å². The predicted octanol–water partition coefficient (Wildman–Crippen LogP) is 3.73. The average Bonchev–Trinajstić information content (AvgIpc) is 2.47. The van der Waals surface area contributed by atoms with E-state index < -0.39 is 5.97 Å². The first-order valence-electron chi connectivity index (χ1n) is 6.09. The van der Waals surface area contributed by atoms with Gasteiger partial charge in [-0.1, -0.05) is 24.3 Å². The zero-order valence-corrected chi connectivity index (χ0v) is 10.5. The minimum absolute atomic E-state index is 0.216. The lowest BCUT2D eigenvalue weighted by molar-refractivity contribution is 0.0699. The summed E-state index contributed by atoms with van der Waals surface area (Å²) in [6.07, 6.45) is 1.58. The molecule has 3 rings (SSSR count). The average molecular weight is 265 g/mol. The Morgan fingerprint density at radius 3 is 2.55 bits per heavy atom. The largest absolute Gasteiger partial charge is 0.478 e. The van der Waals surface area contributed by atoms with E-state index in [1.54, 1.807) is 30.5 Å². The lowest BCUT2D eigenvalue weighted by atomic mass is 10.1. The number of benzene rings is 2. The molecule has 0 spiro atoms. The van der Waals surface area contributed by atoms with Crippen LogP contribution in [0.3, 0.4) is 0 Å². The first kappa shape index (κ1) is 12.2. The molecule has 1 N–H and O–H groups in total. The van der Waals surface area contributed by atoms with Gasteiger partial charge in [-0.25, -0.2) is 4.79 Å². The van der Waals surface area contributed by atoms with Gasteiger partial charge in [0.15, 0.2) is 0 Å². The van der Waals surface area contributed by atoms with Crippen LogP contribution in [0.25, 0.3) is 10.9 Å². The summed E-state index contributed by atoms with van der Waals surface area (Å²) in [6, 6.07) is 16.0. The van der Waals surface area contributed by atoms with Crippen molar-refractivity contribution in [1.29, 1.82) is 0 Å². The number of carbonyl (C=O) groups is 1. The first-order valence-corrected chi connectivity index (χ1v) is 6.09. The van der Waals surface area contributed by atoms with Crippen molar-refractivity contribution in [3.8, 4) is 11.5 Å². The van der Waals surface area contributed by atoms with Crippen molar-refractivity contribution in [1.82, 2.24) is 4.98 Å². The van der Waals surface area contributed by atoms with Gasteiger partial charge in [0.25, 0.3) is 0 Å². The minimum Gasteiger partial charge on any atom is -0.478 e. The lowest BCUT2D eigenvalue weighted by Crippen LogP contribution is -1.98. The fraction of sp³-hybridized carbons (Fsp3) is 0. The molecule has 1 heterocycles.